The zero-order valence-electron chi connectivity index (χ0n) is 21.8. The molecule has 0 saturated heterocycles. The van der Waals surface area contributed by atoms with Crippen molar-refractivity contribution in [3.05, 3.63) is 35.9 Å². The number of amides is 2. The summed E-state index contributed by atoms with van der Waals surface area (Å²) in [7, 11) is -3.75. The number of rotatable bonds is 15. The predicted octanol–water partition coefficient (Wildman–Crippen LogP) is 4.28. The molecule has 0 heterocycles. The van der Waals surface area contributed by atoms with Crippen LogP contribution in [0.2, 0.25) is 0 Å². The van der Waals surface area contributed by atoms with Crippen molar-refractivity contribution in [1.82, 2.24) is 15.4 Å². The minimum Gasteiger partial charge on any atom is -0.350 e. The summed E-state index contributed by atoms with van der Waals surface area (Å²) >= 11 is 0. The van der Waals surface area contributed by atoms with Gasteiger partial charge in [-0.2, -0.15) is 0 Å². The molecule has 0 saturated carbocycles. The lowest BCUT2D eigenvalue weighted by atomic mass is 10.00. The van der Waals surface area contributed by atoms with Crippen LogP contribution in [-0.4, -0.2) is 37.9 Å². The molecule has 34 heavy (non-hydrogen) atoms. The fourth-order valence-electron chi connectivity index (χ4n) is 3.66. The van der Waals surface area contributed by atoms with Gasteiger partial charge in [-0.25, -0.2) is 13.1 Å². The molecule has 1 rings (SSSR count). The SMILES string of the molecule is CCCCCCCCC(NS(=O)(=O)Cc1ccccc1)C(=O)NC(C(=O)NC(C)(C)C)C(C)C. The monoisotopic (exact) mass is 495 g/mol. The lowest BCUT2D eigenvalue weighted by molar-refractivity contribution is -0.131. The van der Waals surface area contributed by atoms with Crippen LogP contribution in [0.3, 0.4) is 0 Å². The van der Waals surface area contributed by atoms with Crippen LogP contribution in [0.4, 0.5) is 0 Å². The normalized spacial score (nSPS) is 14.0. The zero-order valence-corrected chi connectivity index (χ0v) is 22.6. The minimum absolute atomic E-state index is 0.151. The molecule has 0 aliphatic rings. The molecule has 2 unspecified atom stereocenters. The molecule has 0 radical (unpaired) electrons. The van der Waals surface area contributed by atoms with Gasteiger partial charge in [0.2, 0.25) is 21.8 Å². The van der Waals surface area contributed by atoms with E-state index in [0.717, 1.165) is 32.1 Å². The minimum atomic E-state index is -3.75. The summed E-state index contributed by atoms with van der Waals surface area (Å²) in [5.41, 5.74) is 0.211. The van der Waals surface area contributed by atoms with Crippen LogP contribution >= 0.6 is 0 Å². The van der Waals surface area contributed by atoms with E-state index in [2.05, 4.69) is 22.3 Å². The summed E-state index contributed by atoms with van der Waals surface area (Å²) in [6.45, 7) is 11.5. The second-order valence-electron chi connectivity index (χ2n) is 10.4. The molecule has 0 aliphatic heterocycles. The second-order valence-corrected chi connectivity index (χ2v) is 12.2. The Balaban J connectivity index is 2.93. The quantitative estimate of drug-likeness (QED) is 0.316. The third-order valence-electron chi connectivity index (χ3n) is 5.43. The number of benzene rings is 1. The molecule has 0 bridgehead atoms. The Hall–Kier alpha value is -1.93. The Labute approximate surface area is 206 Å². The first-order valence-corrected chi connectivity index (χ1v) is 14.2. The van der Waals surface area contributed by atoms with E-state index in [1.807, 2.05) is 40.7 Å². The number of sulfonamides is 1. The van der Waals surface area contributed by atoms with Gasteiger partial charge in [0.05, 0.1) is 5.75 Å². The van der Waals surface area contributed by atoms with Crippen molar-refractivity contribution < 1.29 is 18.0 Å². The van der Waals surface area contributed by atoms with Crippen molar-refractivity contribution in [3.8, 4) is 0 Å². The first kappa shape index (κ1) is 30.1. The largest absolute Gasteiger partial charge is 0.350 e. The van der Waals surface area contributed by atoms with E-state index >= 15 is 0 Å². The Kier molecular flexibility index (Phi) is 12.8. The van der Waals surface area contributed by atoms with Crippen LogP contribution in [-0.2, 0) is 25.4 Å². The number of nitrogens with one attached hydrogen (secondary N) is 3. The van der Waals surface area contributed by atoms with Gasteiger partial charge < -0.3 is 10.6 Å². The maximum atomic E-state index is 13.2. The van der Waals surface area contributed by atoms with E-state index in [4.69, 9.17) is 0 Å². The Morgan fingerprint density at radius 1 is 0.912 bits per heavy atom. The Morgan fingerprint density at radius 3 is 2.06 bits per heavy atom. The fourth-order valence-corrected chi connectivity index (χ4v) is 5.03. The molecule has 7 nitrogen and oxygen atoms in total. The summed E-state index contributed by atoms with van der Waals surface area (Å²) in [6, 6.07) is 7.20. The number of unbranched alkanes of at least 4 members (excludes halogenated alkanes) is 5. The van der Waals surface area contributed by atoms with Crippen molar-refractivity contribution in [3.63, 3.8) is 0 Å². The lowest BCUT2D eigenvalue weighted by Gasteiger charge is -2.29. The summed E-state index contributed by atoms with van der Waals surface area (Å²) in [6.07, 6.45) is 6.57. The summed E-state index contributed by atoms with van der Waals surface area (Å²) in [4.78, 5) is 26.0. The maximum absolute atomic E-state index is 13.2. The van der Waals surface area contributed by atoms with Gasteiger partial charge in [0.1, 0.15) is 12.1 Å². The average molecular weight is 496 g/mol. The molecular formula is C26H45N3O4S. The summed E-state index contributed by atoms with van der Waals surface area (Å²) in [5.74, 6) is -1.09. The molecule has 0 spiro atoms. The molecule has 2 atom stereocenters. The first-order chi connectivity index (χ1) is 15.8. The number of hydrogen-bond donors (Lipinski definition) is 3. The highest BCUT2D eigenvalue weighted by atomic mass is 32.2. The van der Waals surface area contributed by atoms with Crippen LogP contribution in [0.15, 0.2) is 30.3 Å². The van der Waals surface area contributed by atoms with Gasteiger partial charge in [0, 0.05) is 5.54 Å². The van der Waals surface area contributed by atoms with Crippen molar-refractivity contribution in [2.24, 2.45) is 5.92 Å². The Morgan fingerprint density at radius 2 is 1.50 bits per heavy atom. The third kappa shape index (κ3) is 12.5. The maximum Gasteiger partial charge on any atom is 0.243 e. The van der Waals surface area contributed by atoms with Gasteiger partial charge in [-0.3, -0.25) is 9.59 Å². The van der Waals surface area contributed by atoms with Crippen LogP contribution in [0, 0.1) is 5.92 Å². The highest BCUT2D eigenvalue weighted by molar-refractivity contribution is 7.88. The van der Waals surface area contributed by atoms with Crippen molar-refractivity contribution in [2.75, 3.05) is 0 Å². The van der Waals surface area contributed by atoms with Crippen LogP contribution in [0.1, 0.15) is 92.1 Å². The smallest absolute Gasteiger partial charge is 0.243 e. The van der Waals surface area contributed by atoms with Crippen LogP contribution < -0.4 is 15.4 Å². The lowest BCUT2D eigenvalue weighted by Crippen LogP contribution is -2.57. The molecule has 0 aromatic heterocycles. The molecule has 0 aliphatic carbocycles. The average Bonchev–Trinajstić information content (AvgIpc) is 2.72. The second kappa shape index (κ2) is 14.5. The number of hydrogen-bond acceptors (Lipinski definition) is 4. The van der Waals surface area contributed by atoms with Crippen LogP contribution in [0.25, 0.3) is 0 Å². The molecule has 0 fully saturated rings. The van der Waals surface area contributed by atoms with Gasteiger partial charge in [0.25, 0.3) is 0 Å². The molecule has 8 heteroatoms. The van der Waals surface area contributed by atoms with Gasteiger partial charge >= 0.3 is 0 Å². The van der Waals surface area contributed by atoms with Crippen molar-refractivity contribution >= 4 is 21.8 Å². The standard InChI is InChI=1S/C26H45N3O4S/c1-7-8-9-10-11-15-18-22(29-34(32,33)19-21-16-13-12-14-17-21)24(30)27-23(20(2)3)25(31)28-26(4,5)6/h12-14,16-17,20,22-23,29H,7-11,15,18-19H2,1-6H3,(H,27,30)(H,28,31). The van der Waals surface area contributed by atoms with E-state index in [9.17, 15) is 18.0 Å². The van der Waals surface area contributed by atoms with E-state index in [1.54, 1.807) is 24.3 Å². The van der Waals surface area contributed by atoms with Crippen LogP contribution in [0.5, 0.6) is 0 Å². The number of carbonyl (C=O) groups is 2. The Bertz CT molecular complexity index is 849. The number of carbonyl (C=O) groups excluding carboxylic acids is 2. The highest BCUT2D eigenvalue weighted by Gasteiger charge is 2.31. The van der Waals surface area contributed by atoms with Gasteiger partial charge in [0.15, 0.2) is 0 Å². The van der Waals surface area contributed by atoms with Gasteiger partial charge in [-0.1, -0.05) is 89.6 Å². The highest BCUT2D eigenvalue weighted by Crippen LogP contribution is 2.13. The molecule has 2 amide bonds. The molecule has 194 valence electrons. The molecular weight excluding hydrogens is 450 g/mol. The third-order valence-corrected chi connectivity index (χ3v) is 6.79. The molecule has 1 aromatic rings. The van der Waals surface area contributed by atoms with Gasteiger partial charge in [-0.15, -0.1) is 0 Å². The van der Waals surface area contributed by atoms with Gasteiger partial charge in [-0.05, 0) is 38.7 Å². The topological polar surface area (TPSA) is 104 Å². The molecule has 3 N–H and O–H groups in total. The fraction of sp³-hybridized carbons (Fsp3) is 0.692. The predicted molar refractivity (Wildman–Crippen MR) is 139 cm³/mol. The van der Waals surface area contributed by atoms with E-state index in [-0.39, 0.29) is 17.6 Å². The summed E-state index contributed by atoms with van der Waals surface area (Å²) < 4.78 is 28.3. The van der Waals surface area contributed by atoms with E-state index in [1.165, 1.54) is 6.42 Å². The zero-order chi connectivity index (χ0) is 25.8. The van der Waals surface area contributed by atoms with Crippen molar-refractivity contribution in [1.29, 1.82) is 0 Å². The summed E-state index contributed by atoms with van der Waals surface area (Å²) in [5, 5.41) is 5.71. The van der Waals surface area contributed by atoms with E-state index in [0.29, 0.717) is 12.0 Å². The van der Waals surface area contributed by atoms with Crippen molar-refractivity contribution in [2.45, 2.75) is 110 Å². The first-order valence-electron chi connectivity index (χ1n) is 12.5. The van der Waals surface area contributed by atoms with E-state index < -0.39 is 33.6 Å². The molecule has 1 aromatic carbocycles.